The third-order valence-electron chi connectivity index (χ3n) is 4.16. The first-order valence-electron chi connectivity index (χ1n) is 7.45. The van der Waals surface area contributed by atoms with Crippen LogP contribution in [0, 0.1) is 11.8 Å². The zero-order valence-corrected chi connectivity index (χ0v) is 12.8. The second-order valence-electron chi connectivity index (χ2n) is 6.85. The van der Waals surface area contributed by atoms with Crippen molar-refractivity contribution in [2.24, 2.45) is 11.8 Å². The van der Waals surface area contributed by atoms with E-state index in [9.17, 15) is 0 Å². The topological polar surface area (TPSA) is 28.4 Å². The molecule has 19 heavy (non-hydrogen) atoms. The highest BCUT2D eigenvalue weighted by Crippen LogP contribution is 2.26. The molecule has 108 valence electrons. The molecule has 0 bridgehead atoms. The van der Waals surface area contributed by atoms with Crippen LogP contribution in [0.2, 0.25) is 0 Å². The van der Waals surface area contributed by atoms with Gasteiger partial charge in [0.25, 0.3) is 0 Å². The van der Waals surface area contributed by atoms with E-state index in [0.29, 0.717) is 0 Å². The Morgan fingerprint density at radius 2 is 2.00 bits per heavy atom. The molecule has 1 aromatic rings. The lowest BCUT2D eigenvalue weighted by Gasteiger charge is -2.45. The molecule has 2 unspecified atom stereocenters. The monoisotopic (exact) mass is 264 g/mol. The quantitative estimate of drug-likeness (QED) is 0.885. The minimum Gasteiger partial charge on any atom is -0.468 e. The van der Waals surface area contributed by atoms with Crippen LogP contribution >= 0.6 is 0 Å². The lowest BCUT2D eigenvalue weighted by Crippen LogP contribution is -2.55. The van der Waals surface area contributed by atoms with Crippen LogP contribution in [0.3, 0.4) is 0 Å². The summed E-state index contributed by atoms with van der Waals surface area (Å²) < 4.78 is 5.35. The highest BCUT2D eigenvalue weighted by Gasteiger charge is 2.32. The molecule has 0 radical (unpaired) electrons. The molecule has 2 heterocycles. The summed E-state index contributed by atoms with van der Waals surface area (Å²) in [7, 11) is 0. The first kappa shape index (κ1) is 14.6. The molecule has 1 N–H and O–H groups in total. The van der Waals surface area contributed by atoms with Gasteiger partial charge in [-0.15, -0.1) is 0 Å². The van der Waals surface area contributed by atoms with Crippen molar-refractivity contribution in [2.75, 3.05) is 19.6 Å². The molecular weight excluding hydrogens is 236 g/mol. The van der Waals surface area contributed by atoms with Gasteiger partial charge in [0.05, 0.1) is 12.8 Å². The van der Waals surface area contributed by atoms with Crippen molar-refractivity contribution < 1.29 is 4.42 Å². The Labute approximate surface area is 117 Å². The summed E-state index contributed by atoms with van der Waals surface area (Å²) in [5.74, 6) is 2.64. The second-order valence-corrected chi connectivity index (χ2v) is 6.85. The van der Waals surface area contributed by atoms with Crippen LogP contribution in [0.5, 0.6) is 0 Å². The van der Waals surface area contributed by atoms with Crippen molar-refractivity contribution in [3.05, 3.63) is 24.2 Å². The second kappa shape index (κ2) is 6.10. The molecule has 0 aliphatic carbocycles. The van der Waals surface area contributed by atoms with Gasteiger partial charge in [-0.25, -0.2) is 0 Å². The number of likely N-dealkylation sites (tertiary alicyclic amines) is 1. The standard InChI is InChI=1S/C16H28N2O/c1-13-8-14(2)11-18(10-13)16(3,4)12-17-9-15-6-5-7-19-15/h5-7,13-14,17H,8-12H2,1-4H3. The Bertz CT molecular complexity index is 362. The van der Waals surface area contributed by atoms with Gasteiger partial charge in [-0.3, -0.25) is 4.90 Å². The maximum Gasteiger partial charge on any atom is 0.117 e. The van der Waals surface area contributed by atoms with Crippen molar-refractivity contribution in [1.29, 1.82) is 0 Å². The molecule has 2 rings (SSSR count). The van der Waals surface area contributed by atoms with Crippen LogP contribution in [0.15, 0.2) is 22.8 Å². The van der Waals surface area contributed by atoms with E-state index in [1.807, 2.05) is 12.1 Å². The summed E-state index contributed by atoms with van der Waals surface area (Å²) >= 11 is 0. The Morgan fingerprint density at radius 3 is 2.58 bits per heavy atom. The molecule has 1 aliphatic heterocycles. The summed E-state index contributed by atoms with van der Waals surface area (Å²) in [5.41, 5.74) is 0.204. The van der Waals surface area contributed by atoms with E-state index >= 15 is 0 Å². The molecule has 0 saturated carbocycles. The van der Waals surface area contributed by atoms with Crippen LogP contribution in [-0.2, 0) is 6.54 Å². The summed E-state index contributed by atoms with van der Waals surface area (Å²) in [5, 5.41) is 3.52. The van der Waals surface area contributed by atoms with Gasteiger partial charge in [0, 0.05) is 25.2 Å². The van der Waals surface area contributed by atoms with Gasteiger partial charge < -0.3 is 9.73 Å². The number of piperidine rings is 1. The molecule has 3 heteroatoms. The number of nitrogens with one attached hydrogen (secondary N) is 1. The number of nitrogens with zero attached hydrogens (tertiary/aromatic N) is 1. The van der Waals surface area contributed by atoms with Gasteiger partial charge in [0.15, 0.2) is 0 Å². The van der Waals surface area contributed by atoms with E-state index in [1.54, 1.807) is 6.26 Å². The third kappa shape index (κ3) is 4.08. The van der Waals surface area contributed by atoms with Gasteiger partial charge in [0.1, 0.15) is 5.76 Å². The first-order chi connectivity index (χ1) is 8.97. The van der Waals surface area contributed by atoms with Gasteiger partial charge in [0.2, 0.25) is 0 Å². The molecule has 1 fully saturated rings. The highest BCUT2D eigenvalue weighted by molar-refractivity contribution is 4.98. The van der Waals surface area contributed by atoms with Crippen molar-refractivity contribution in [1.82, 2.24) is 10.2 Å². The normalized spacial score (nSPS) is 25.7. The fourth-order valence-corrected chi connectivity index (χ4v) is 3.17. The summed E-state index contributed by atoms with van der Waals surface area (Å²) in [6, 6.07) is 3.96. The molecule has 1 saturated heterocycles. The number of furan rings is 1. The van der Waals surface area contributed by atoms with E-state index in [4.69, 9.17) is 4.42 Å². The number of rotatable bonds is 5. The van der Waals surface area contributed by atoms with Crippen molar-refractivity contribution in [3.63, 3.8) is 0 Å². The average molecular weight is 264 g/mol. The van der Waals surface area contributed by atoms with Crippen molar-refractivity contribution >= 4 is 0 Å². The van der Waals surface area contributed by atoms with Crippen LogP contribution in [0.25, 0.3) is 0 Å². The van der Waals surface area contributed by atoms with E-state index in [0.717, 1.165) is 30.7 Å². The lowest BCUT2D eigenvalue weighted by atomic mass is 9.88. The lowest BCUT2D eigenvalue weighted by molar-refractivity contribution is 0.0454. The first-order valence-corrected chi connectivity index (χ1v) is 7.45. The Kier molecular flexibility index (Phi) is 4.69. The van der Waals surface area contributed by atoms with E-state index in [1.165, 1.54) is 19.5 Å². The largest absolute Gasteiger partial charge is 0.468 e. The molecule has 3 nitrogen and oxygen atoms in total. The number of hydrogen-bond acceptors (Lipinski definition) is 3. The third-order valence-corrected chi connectivity index (χ3v) is 4.16. The molecular formula is C16H28N2O. The van der Waals surface area contributed by atoms with E-state index in [2.05, 4.69) is 37.9 Å². The zero-order chi connectivity index (χ0) is 13.9. The van der Waals surface area contributed by atoms with Crippen LogP contribution in [0.4, 0.5) is 0 Å². The average Bonchev–Trinajstić information content (AvgIpc) is 2.80. The SMILES string of the molecule is CC1CC(C)CN(C(C)(C)CNCc2ccco2)C1. The highest BCUT2D eigenvalue weighted by atomic mass is 16.3. The smallest absolute Gasteiger partial charge is 0.117 e. The zero-order valence-electron chi connectivity index (χ0n) is 12.8. The molecule has 2 atom stereocenters. The van der Waals surface area contributed by atoms with Gasteiger partial charge >= 0.3 is 0 Å². The minimum absolute atomic E-state index is 0.204. The summed E-state index contributed by atoms with van der Waals surface area (Å²) in [6.07, 6.45) is 3.10. The summed E-state index contributed by atoms with van der Waals surface area (Å²) in [6.45, 7) is 13.7. The molecule has 0 amide bonds. The number of hydrogen-bond donors (Lipinski definition) is 1. The fraction of sp³-hybridized carbons (Fsp3) is 0.750. The van der Waals surface area contributed by atoms with Crippen LogP contribution in [0.1, 0.15) is 39.9 Å². The maximum absolute atomic E-state index is 5.35. The van der Waals surface area contributed by atoms with Crippen molar-refractivity contribution in [3.8, 4) is 0 Å². The predicted molar refractivity (Wildman–Crippen MR) is 79.0 cm³/mol. The Morgan fingerprint density at radius 1 is 1.32 bits per heavy atom. The molecule has 0 aromatic carbocycles. The van der Waals surface area contributed by atoms with Gasteiger partial charge in [-0.2, -0.15) is 0 Å². The molecule has 1 aliphatic rings. The molecule has 1 aromatic heterocycles. The fourth-order valence-electron chi connectivity index (χ4n) is 3.17. The Hall–Kier alpha value is -0.800. The van der Waals surface area contributed by atoms with Crippen LogP contribution in [-0.4, -0.2) is 30.1 Å². The molecule has 0 spiro atoms. The van der Waals surface area contributed by atoms with Crippen LogP contribution < -0.4 is 5.32 Å². The minimum atomic E-state index is 0.204. The van der Waals surface area contributed by atoms with Gasteiger partial charge in [-0.1, -0.05) is 13.8 Å². The Balaban J connectivity index is 1.83. The van der Waals surface area contributed by atoms with Crippen molar-refractivity contribution in [2.45, 2.75) is 46.2 Å². The maximum atomic E-state index is 5.35. The summed E-state index contributed by atoms with van der Waals surface area (Å²) in [4.78, 5) is 2.64. The van der Waals surface area contributed by atoms with E-state index < -0.39 is 0 Å². The van der Waals surface area contributed by atoms with E-state index in [-0.39, 0.29) is 5.54 Å². The van der Waals surface area contributed by atoms with Gasteiger partial charge in [-0.05, 0) is 44.2 Å². The predicted octanol–water partition coefficient (Wildman–Crippen LogP) is 3.13.